The summed E-state index contributed by atoms with van der Waals surface area (Å²) in [5.41, 5.74) is 2.31. The Kier molecular flexibility index (Phi) is 6.83. The second-order valence-electron chi connectivity index (χ2n) is 8.23. The maximum atomic E-state index is 13.3. The lowest BCUT2D eigenvalue weighted by Gasteiger charge is -2.31. The van der Waals surface area contributed by atoms with Gasteiger partial charge in [0.25, 0.3) is 0 Å². The number of rotatable bonds is 5. The Hall–Kier alpha value is -2.42. The molecule has 170 valence electrons. The zero-order chi connectivity index (χ0) is 22.7. The molecular formula is C23H26ClN3O4S. The fraction of sp³-hybridized carbons (Fsp3) is 0.391. The molecule has 2 aromatic carbocycles. The molecule has 0 spiro atoms. The van der Waals surface area contributed by atoms with Gasteiger partial charge >= 0.3 is 0 Å². The van der Waals surface area contributed by atoms with Gasteiger partial charge in [0.05, 0.1) is 10.8 Å². The number of benzene rings is 2. The van der Waals surface area contributed by atoms with Gasteiger partial charge in [0, 0.05) is 36.8 Å². The molecule has 2 heterocycles. The Labute approximate surface area is 193 Å². The molecule has 2 aliphatic heterocycles. The summed E-state index contributed by atoms with van der Waals surface area (Å²) in [6.45, 7) is 0.827. The van der Waals surface area contributed by atoms with Gasteiger partial charge < -0.3 is 10.6 Å². The second-order valence-corrected chi connectivity index (χ2v) is 10.6. The van der Waals surface area contributed by atoms with Crippen LogP contribution in [0, 0.1) is 5.92 Å². The third-order valence-electron chi connectivity index (χ3n) is 6.00. The van der Waals surface area contributed by atoms with E-state index in [1.165, 1.54) is 10.4 Å². The molecule has 2 amide bonds. The third kappa shape index (κ3) is 4.98. The van der Waals surface area contributed by atoms with Gasteiger partial charge in [0.2, 0.25) is 21.8 Å². The Morgan fingerprint density at radius 1 is 1.16 bits per heavy atom. The van der Waals surface area contributed by atoms with Crippen LogP contribution >= 0.6 is 11.6 Å². The number of carbonyl (C=O) groups is 2. The summed E-state index contributed by atoms with van der Waals surface area (Å²) < 4.78 is 28.0. The quantitative estimate of drug-likeness (QED) is 0.693. The van der Waals surface area contributed by atoms with E-state index in [0.29, 0.717) is 55.9 Å². The molecule has 0 radical (unpaired) electrons. The smallest absolute Gasteiger partial charge is 0.243 e. The molecule has 0 bridgehead atoms. The van der Waals surface area contributed by atoms with E-state index in [2.05, 4.69) is 10.6 Å². The summed E-state index contributed by atoms with van der Waals surface area (Å²) in [5, 5.41) is 6.30. The molecule has 32 heavy (non-hydrogen) atoms. The van der Waals surface area contributed by atoms with E-state index in [1.54, 1.807) is 18.2 Å². The van der Waals surface area contributed by atoms with E-state index < -0.39 is 15.9 Å². The number of nitrogens with one attached hydrogen (secondary N) is 2. The fourth-order valence-corrected chi connectivity index (χ4v) is 5.98. The van der Waals surface area contributed by atoms with Crippen molar-refractivity contribution in [3.8, 4) is 0 Å². The van der Waals surface area contributed by atoms with E-state index in [1.807, 2.05) is 18.2 Å². The van der Waals surface area contributed by atoms with Gasteiger partial charge in [0.15, 0.2) is 0 Å². The first kappa shape index (κ1) is 22.8. The predicted molar refractivity (Wildman–Crippen MR) is 123 cm³/mol. The molecule has 0 unspecified atom stereocenters. The van der Waals surface area contributed by atoms with Crippen LogP contribution in [0.4, 0.5) is 5.69 Å². The molecule has 7 nitrogen and oxygen atoms in total. The van der Waals surface area contributed by atoms with Gasteiger partial charge in [-0.2, -0.15) is 4.31 Å². The Bertz CT molecular complexity index is 1140. The van der Waals surface area contributed by atoms with Crippen molar-refractivity contribution in [2.75, 3.05) is 18.4 Å². The van der Waals surface area contributed by atoms with Crippen LogP contribution in [0.2, 0.25) is 5.02 Å². The van der Waals surface area contributed by atoms with Crippen molar-refractivity contribution in [2.45, 2.75) is 43.5 Å². The maximum absolute atomic E-state index is 13.3. The number of fused-ring (bicyclic) bond motifs is 1. The molecule has 1 fully saturated rings. The largest absolute Gasteiger partial charge is 0.352 e. The Morgan fingerprint density at radius 3 is 2.78 bits per heavy atom. The zero-order valence-electron chi connectivity index (χ0n) is 17.6. The molecule has 0 aromatic heterocycles. The van der Waals surface area contributed by atoms with E-state index >= 15 is 0 Å². The highest BCUT2D eigenvalue weighted by atomic mass is 35.5. The summed E-state index contributed by atoms with van der Waals surface area (Å²) >= 11 is 6.15. The first-order valence-corrected chi connectivity index (χ1v) is 12.6. The summed E-state index contributed by atoms with van der Waals surface area (Å²) in [4.78, 5) is 24.7. The molecule has 1 atom stereocenters. The number of piperidine rings is 1. The monoisotopic (exact) mass is 475 g/mol. The molecule has 9 heteroatoms. The summed E-state index contributed by atoms with van der Waals surface area (Å²) in [6.07, 6.45) is 3.00. The molecule has 0 aliphatic carbocycles. The number of aryl methyl sites for hydroxylation is 1. The minimum Gasteiger partial charge on any atom is -0.352 e. The Balaban J connectivity index is 1.45. The number of anilines is 1. The highest BCUT2D eigenvalue weighted by molar-refractivity contribution is 7.89. The van der Waals surface area contributed by atoms with Crippen molar-refractivity contribution < 1.29 is 18.0 Å². The number of carbonyl (C=O) groups excluding carboxylic acids is 2. The molecular weight excluding hydrogens is 450 g/mol. The molecule has 2 aliphatic rings. The predicted octanol–water partition coefficient (Wildman–Crippen LogP) is 3.33. The average Bonchev–Trinajstić information content (AvgIpc) is 2.98. The lowest BCUT2D eigenvalue weighted by molar-refractivity contribution is -0.126. The highest BCUT2D eigenvalue weighted by Gasteiger charge is 2.33. The first-order valence-electron chi connectivity index (χ1n) is 10.8. The fourth-order valence-electron chi connectivity index (χ4n) is 4.20. The van der Waals surface area contributed by atoms with Crippen LogP contribution in [0.1, 0.15) is 36.8 Å². The highest BCUT2D eigenvalue weighted by Crippen LogP contribution is 2.29. The van der Waals surface area contributed by atoms with E-state index in [-0.39, 0.29) is 23.3 Å². The number of halogens is 1. The van der Waals surface area contributed by atoms with Crippen LogP contribution in [0.25, 0.3) is 0 Å². The van der Waals surface area contributed by atoms with E-state index in [9.17, 15) is 18.0 Å². The molecule has 1 saturated heterocycles. The summed E-state index contributed by atoms with van der Waals surface area (Å²) in [6, 6.07) is 12.1. The van der Waals surface area contributed by atoms with Gasteiger partial charge in [-0.25, -0.2) is 8.42 Å². The van der Waals surface area contributed by atoms with Crippen LogP contribution in [0.15, 0.2) is 47.4 Å². The first-order chi connectivity index (χ1) is 15.3. The topological polar surface area (TPSA) is 95.6 Å². The minimum absolute atomic E-state index is 0.0546. The van der Waals surface area contributed by atoms with E-state index in [0.717, 1.165) is 11.1 Å². The van der Waals surface area contributed by atoms with Crippen molar-refractivity contribution in [2.24, 2.45) is 5.92 Å². The van der Waals surface area contributed by atoms with Crippen molar-refractivity contribution in [3.05, 3.63) is 58.6 Å². The zero-order valence-corrected chi connectivity index (χ0v) is 19.2. The van der Waals surface area contributed by atoms with Gasteiger partial charge in [-0.3, -0.25) is 9.59 Å². The summed E-state index contributed by atoms with van der Waals surface area (Å²) in [5.74, 6) is -0.642. The average molecular weight is 476 g/mol. The molecule has 2 N–H and O–H groups in total. The van der Waals surface area contributed by atoms with Crippen LogP contribution in [0.5, 0.6) is 0 Å². The summed E-state index contributed by atoms with van der Waals surface area (Å²) in [7, 11) is -3.74. The number of nitrogens with zero attached hydrogens (tertiary/aromatic N) is 1. The number of sulfonamides is 1. The second kappa shape index (κ2) is 9.60. The van der Waals surface area contributed by atoms with Crippen LogP contribution < -0.4 is 10.6 Å². The van der Waals surface area contributed by atoms with Crippen molar-refractivity contribution in [1.29, 1.82) is 0 Å². The standard InChI is InChI=1S/C23H26ClN3O4S/c24-20-8-2-1-5-17(20)14-25-23(29)18-7-4-12-27(15-18)32(30,31)19-10-11-21-16(13-19)6-3-9-22(28)26-21/h1-2,5,8,10-11,13,18H,3-4,6-7,9,12,14-15H2,(H,25,29)(H,26,28)/t18-/m0/s1. The number of amides is 2. The molecule has 4 rings (SSSR count). The third-order valence-corrected chi connectivity index (χ3v) is 8.23. The van der Waals surface area contributed by atoms with E-state index in [4.69, 9.17) is 11.6 Å². The van der Waals surface area contributed by atoms with Gasteiger partial charge in [0.1, 0.15) is 0 Å². The lowest BCUT2D eigenvalue weighted by atomic mass is 9.99. The minimum atomic E-state index is -3.74. The van der Waals surface area contributed by atoms with Crippen LogP contribution in [-0.4, -0.2) is 37.6 Å². The maximum Gasteiger partial charge on any atom is 0.243 e. The van der Waals surface area contributed by atoms with Gasteiger partial charge in [-0.15, -0.1) is 0 Å². The Morgan fingerprint density at radius 2 is 1.97 bits per heavy atom. The van der Waals surface area contributed by atoms with Crippen molar-refractivity contribution in [3.63, 3.8) is 0 Å². The number of hydrogen-bond donors (Lipinski definition) is 2. The van der Waals surface area contributed by atoms with Gasteiger partial charge in [-0.05, 0) is 61.1 Å². The number of hydrogen-bond acceptors (Lipinski definition) is 4. The SMILES string of the molecule is O=C1CCCc2cc(S(=O)(=O)N3CCC[C@H](C(=O)NCc4ccccc4Cl)C3)ccc2N1. The molecule has 0 saturated carbocycles. The van der Waals surface area contributed by atoms with Crippen LogP contribution in [-0.2, 0) is 32.6 Å². The van der Waals surface area contributed by atoms with Gasteiger partial charge in [-0.1, -0.05) is 29.8 Å². The van der Waals surface area contributed by atoms with Crippen LogP contribution in [0.3, 0.4) is 0 Å². The van der Waals surface area contributed by atoms with Crippen molar-refractivity contribution >= 4 is 39.1 Å². The molecule has 2 aromatic rings. The lowest BCUT2D eigenvalue weighted by Crippen LogP contribution is -2.45. The van der Waals surface area contributed by atoms with Crippen molar-refractivity contribution in [1.82, 2.24) is 9.62 Å². The normalized spacial score (nSPS) is 19.5.